The van der Waals surface area contributed by atoms with Crippen LogP contribution < -0.4 is 5.32 Å². The van der Waals surface area contributed by atoms with Crippen molar-refractivity contribution in [3.63, 3.8) is 0 Å². The largest absolute Gasteiger partial charge is 0.319 e. The van der Waals surface area contributed by atoms with E-state index in [1.54, 1.807) is 22.5 Å². The van der Waals surface area contributed by atoms with E-state index in [1.165, 1.54) is 0 Å². The van der Waals surface area contributed by atoms with Gasteiger partial charge in [0.25, 0.3) is 0 Å². The van der Waals surface area contributed by atoms with Crippen molar-refractivity contribution in [1.82, 2.24) is 9.62 Å². The molecular weight excluding hydrogens is 399 g/mol. The molecule has 1 aromatic carbocycles. The zero-order chi connectivity index (χ0) is 14.8. The highest BCUT2D eigenvalue weighted by molar-refractivity contribution is 9.10. The second kappa shape index (κ2) is 8.13. The van der Waals surface area contributed by atoms with Crippen molar-refractivity contribution in [3.05, 3.63) is 27.7 Å². The van der Waals surface area contributed by atoms with Gasteiger partial charge in [0.05, 0.1) is 5.02 Å². The summed E-state index contributed by atoms with van der Waals surface area (Å²) in [6, 6.07) is 4.88. The molecule has 1 unspecified atom stereocenters. The predicted molar refractivity (Wildman–Crippen MR) is 91.8 cm³/mol. The molecule has 1 heterocycles. The molecule has 0 amide bonds. The van der Waals surface area contributed by atoms with Crippen molar-refractivity contribution in [3.8, 4) is 0 Å². The number of hydrogen-bond acceptors (Lipinski definition) is 3. The molecule has 0 radical (unpaired) electrons. The zero-order valence-corrected chi connectivity index (χ0v) is 15.7. The Kier molecular flexibility index (Phi) is 7.43. The Bertz CT molecular complexity index is 582. The van der Waals surface area contributed by atoms with Crippen LogP contribution in [-0.2, 0) is 10.0 Å². The molecule has 1 aliphatic heterocycles. The second-order valence-electron chi connectivity index (χ2n) is 5.00. The summed E-state index contributed by atoms with van der Waals surface area (Å²) in [5.41, 5.74) is 0. The van der Waals surface area contributed by atoms with E-state index in [2.05, 4.69) is 21.2 Å². The molecule has 0 aromatic heterocycles. The molecule has 2 rings (SSSR count). The first-order valence-corrected chi connectivity index (χ1v) is 9.16. The molecule has 0 aliphatic carbocycles. The second-order valence-corrected chi connectivity index (χ2v) is 8.23. The number of hydrogen-bond donors (Lipinski definition) is 1. The smallest absolute Gasteiger partial charge is 0.244 e. The van der Waals surface area contributed by atoms with Gasteiger partial charge in [0.15, 0.2) is 0 Å². The average molecular weight is 418 g/mol. The van der Waals surface area contributed by atoms with Crippen molar-refractivity contribution >= 4 is 50.0 Å². The van der Waals surface area contributed by atoms with Crippen LogP contribution in [-0.4, -0.2) is 39.4 Å². The van der Waals surface area contributed by atoms with Gasteiger partial charge >= 0.3 is 0 Å². The van der Waals surface area contributed by atoms with Gasteiger partial charge in [-0.05, 0) is 50.6 Å². The fourth-order valence-electron chi connectivity index (χ4n) is 2.52. The van der Waals surface area contributed by atoms with Gasteiger partial charge in [0, 0.05) is 17.6 Å². The van der Waals surface area contributed by atoms with Gasteiger partial charge in [-0.1, -0.05) is 27.5 Å². The molecule has 0 spiro atoms. The van der Waals surface area contributed by atoms with Gasteiger partial charge < -0.3 is 5.32 Å². The lowest BCUT2D eigenvalue weighted by Gasteiger charge is -2.32. The molecule has 1 aliphatic rings. The molecule has 4 nitrogen and oxygen atoms in total. The van der Waals surface area contributed by atoms with E-state index in [1.807, 2.05) is 7.05 Å². The van der Waals surface area contributed by atoms with E-state index in [0.717, 1.165) is 23.9 Å². The molecular formula is C13H19BrCl2N2O2S. The fraction of sp³-hybridized carbons (Fsp3) is 0.538. The standard InChI is InChI=1S/C13H18BrClN2O2S.ClH/c1-16-8-10-3-2-6-17(9-10)20(18,19)13-5-4-11(14)7-12(13)15;/h4-5,7,10,16H,2-3,6,8-9H2,1H3;1H. The van der Waals surface area contributed by atoms with Crippen molar-refractivity contribution in [2.75, 3.05) is 26.7 Å². The monoisotopic (exact) mass is 416 g/mol. The van der Waals surface area contributed by atoms with E-state index in [-0.39, 0.29) is 22.3 Å². The molecule has 1 aromatic rings. The summed E-state index contributed by atoms with van der Waals surface area (Å²) in [6.07, 6.45) is 1.95. The first-order valence-electron chi connectivity index (χ1n) is 6.55. The summed E-state index contributed by atoms with van der Waals surface area (Å²) >= 11 is 9.37. The van der Waals surface area contributed by atoms with Gasteiger partial charge in [-0.2, -0.15) is 4.31 Å². The Morgan fingerprint density at radius 1 is 1.48 bits per heavy atom. The van der Waals surface area contributed by atoms with Crippen LogP contribution in [0.15, 0.2) is 27.6 Å². The minimum atomic E-state index is -3.51. The quantitative estimate of drug-likeness (QED) is 0.818. The Morgan fingerprint density at radius 2 is 2.19 bits per heavy atom. The highest BCUT2D eigenvalue weighted by atomic mass is 79.9. The summed E-state index contributed by atoms with van der Waals surface area (Å²) in [6.45, 7) is 1.95. The third-order valence-electron chi connectivity index (χ3n) is 3.49. The van der Waals surface area contributed by atoms with Crippen molar-refractivity contribution < 1.29 is 8.42 Å². The van der Waals surface area contributed by atoms with E-state index in [9.17, 15) is 8.42 Å². The predicted octanol–water partition coefficient (Wildman–Crippen LogP) is 3.14. The van der Waals surface area contributed by atoms with E-state index in [0.29, 0.717) is 19.0 Å². The van der Waals surface area contributed by atoms with Crippen LogP contribution in [0.1, 0.15) is 12.8 Å². The SMILES string of the molecule is CNCC1CCCN(S(=O)(=O)c2ccc(Br)cc2Cl)C1.Cl. The lowest BCUT2D eigenvalue weighted by atomic mass is 10.00. The van der Waals surface area contributed by atoms with Gasteiger partial charge in [0.2, 0.25) is 10.0 Å². The third-order valence-corrected chi connectivity index (χ3v) is 6.33. The van der Waals surface area contributed by atoms with Crippen LogP contribution in [0.5, 0.6) is 0 Å². The van der Waals surface area contributed by atoms with E-state index >= 15 is 0 Å². The minimum absolute atomic E-state index is 0. The Labute approximate surface area is 145 Å². The fourth-order valence-corrected chi connectivity index (χ4v) is 5.09. The molecule has 21 heavy (non-hydrogen) atoms. The van der Waals surface area contributed by atoms with E-state index in [4.69, 9.17) is 11.6 Å². The first-order chi connectivity index (χ1) is 9.45. The lowest BCUT2D eigenvalue weighted by molar-refractivity contribution is 0.263. The van der Waals surface area contributed by atoms with Gasteiger partial charge in [0.1, 0.15) is 4.90 Å². The Balaban J connectivity index is 0.00000220. The van der Waals surface area contributed by atoms with Crippen molar-refractivity contribution in [1.29, 1.82) is 0 Å². The molecule has 0 bridgehead atoms. The number of sulfonamides is 1. The molecule has 8 heteroatoms. The van der Waals surface area contributed by atoms with E-state index < -0.39 is 10.0 Å². The topological polar surface area (TPSA) is 49.4 Å². The summed E-state index contributed by atoms with van der Waals surface area (Å²) in [5.74, 6) is 0.359. The number of nitrogens with one attached hydrogen (secondary N) is 1. The Morgan fingerprint density at radius 3 is 2.81 bits per heavy atom. The van der Waals surface area contributed by atoms with Crippen LogP contribution >= 0.6 is 39.9 Å². The number of rotatable bonds is 4. The number of piperidine rings is 1. The highest BCUT2D eigenvalue weighted by Gasteiger charge is 2.31. The van der Waals surface area contributed by atoms with Gasteiger partial charge in [-0.3, -0.25) is 0 Å². The maximum absolute atomic E-state index is 12.7. The van der Waals surface area contributed by atoms with Crippen LogP contribution in [0, 0.1) is 5.92 Å². The van der Waals surface area contributed by atoms with Crippen LogP contribution in [0.3, 0.4) is 0 Å². The average Bonchev–Trinajstić information content (AvgIpc) is 2.39. The summed E-state index contributed by atoms with van der Waals surface area (Å²) in [4.78, 5) is 0.187. The van der Waals surface area contributed by atoms with Crippen LogP contribution in [0.25, 0.3) is 0 Å². The molecule has 1 atom stereocenters. The van der Waals surface area contributed by atoms with Crippen LogP contribution in [0.2, 0.25) is 5.02 Å². The maximum Gasteiger partial charge on any atom is 0.244 e. The number of nitrogens with zero attached hydrogens (tertiary/aromatic N) is 1. The molecule has 0 saturated carbocycles. The minimum Gasteiger partial charge on any atom is -0.319 e. The lowest BCUT2D eigenvalue weighted by Crippen LogP contribution is -2.42. The first kappa shape index (κ1) is 19.2. The Hall–Kier alpha value is 0.150. The zero-order valence-electron chi connectivity index (χ0n) is 11.7. The van der Waals surface area contributed by atoms with Gasteiger partial charge in [-0.25, -0.2) is 8.42 Å². The number of benzene rings is 1. The summed E-state index contributed by atoms with van der Waals surface area (Å²) in [5, 5.41) is 3.37. The summed E-state index contributed by atoms with van der Waals surface area (Å²) in [7, 11) is -1.62. The maximum atomic E-state index is 12.7. The van der Waals surface area contributed by atoms with Crippen molar-refractivity contribution in [2.24, 2.45) is 5.92 Å². The summed E-state index contributed by atoms with van der Waals surface area (Å²) < 4.78 is 27.7. The van der Waals surface area contributed by atoms with Crippen molar-refractivity contribution in [2.45, 2.75) is 17.7 Å². The molecule has 1 N–H and O–H groups in total. The highest BCUT2D eigenvalue weighted by Crippen LogP contribution is 2.30. The number of halogens is 3. The third kappa shape index (κ3) is 4.56. The van der Waals surface area contributed by atoms with Gasteiger partial charge in [-0.15, -0.1) is 12.4 Å². The van der Waals surface area contributed by atoms with Crippen LogP contribution in [0.4, 0.5) is 0 Å². The molecule has 1 saturated heterocycles. The molecule has 1 fully saturated rings. The normalized spacial score (nSPS) is 20.0. The molecule has 120 valence electrons.